The Kier molecular flexibility index (Phi) is 7.02. The quantitative estimate of drug-likeness (QED) is 0.718. The van der Waals surface area contributed by atoms with Gasteiger partial charge in [-0.15, -0.1) is 5.10 Å². The first-order chi connectivity index (χ1) is 11.6. The molecule has 1 unspecified atom stereocenters. The third kappa shape index (κ3) is 5.82. The minimum absolute atomic E-state index is 0.0113. The molecule has 0 fully saturated rings. The molecule has 1 amide bonds. The zero-order valence-electron chi connectivity index (χ0n) is 14.1. The van der Waals surface area contributed by atoms with Crippen molar-refractivity contribution in [3.8, 4) is 0 Å². The average Bonchev–Trinajstić information content (AvgIpc) is 3.00. The SMILES string of the molecule is COCC(C)NC(=O)CSc1n[nH]c(/C=C/c2ccccc2C)n1. The van der Waals surface area contributed by atoms with E-state index >= 15 is 0 Å². The molecule has 24 heavy (non-hydrogen) atoms. The summed E-state index contributed by atoms with van der Waals surface area (Å²) in [7, 11) is 1.61. The van der Waals surface area contributed by atoms with E-state index in [2.05, 4.69) is 33.5 Å². The van der Waals surface area contributed by atoms with Gasteiger partial charge in [0.2, 0.25) is 11.1 Å². The standard InChI is InChI=1S/C17H22N4O2S/c1-12-6-4-5-7-14(12)8-9-15-19-17(21-20-15)24-11-16(22)18-13(2)10-23-3/h4-9,13H,10-11H2,1-3H3,(H,18,22)(H,19,20,21)/b9-8+. The Labute approximate surface area is 146 Å². The molecule has 1 atom stereocenters. The number of aromatic amines is 1. The Bertz CT molecular complexity index is 699. The van der Waals surface area contributed by atoms with Crippen molar-refractivity contribution >= 4 is 29.8 Å². The molecule has 128 valence electrons. The summed E-state index contributed by atoms with van der Waals surface area (Å²) in [6.07, 6.45) is 3.86. The van der Waals surface area contributed by atoms with Crippen LogP contribution in [0.1, 0.15) is 23.9 Å². The number of carbonyl (C=O) groups is 1. The van der Waals surface area contributed by atoms with Gasteiger partial charge in [-0.1, -0.05) is 42.1 Å². The van der Waals surface area contributed by atoms with E-state index in [0.717, 1.165) is 5.56 Å². The van der Waals surface area contributed by atoms with Crippen molar-refractivity contribution in [2.24, 2.45) is 0 Å². The number of H-pyrrole nitrogens is 1. The molecule has 1 heterocycles. The second-order valence-electron chi connectivity index (χ2n) is 5.41. The number of aromatic nitrogens is 3. The molecule has 0 saturated carbocycles. The molecule has 0 saturated heterocycles. The maximum absolute atomic E-state index is 11.8. The summed E-state index contributed by atoms with van der Waals surface area (Å²) >= 11 is 1.29. The number of carbonyl (C=O) groups excluding carboxylic acids is 1. The van der Waals surface area contributed by atoms with Crippen LogP contribution in [0.25, 0.3) is 12.2 Å². The van der Waals surface area contributed by atoms with Crippen LogP contribution >= 0.6 is 11.8 Å². The van der Waals surface area contributed by atoms with E-state index < -0.39 is 0 Å². The fourth-order valence-electron chi connectivity index (χ4n) is 2.08. The van der Waals surface area contributed by atoms with Crippen molar-refractivity contribution < 1.29 is 9.53 Å². The molecule has 7 heteroatoms. The molecular weight excluding hydrogens is 324 g/mol. The van der Waals surface area contributed by atoms with E-state index in [-0.39, 0.29) is 17.7 Å². The van der Waals surface area contributed by atoms with Gasteiger partial charge in [-0.05, 0) is 31.1 Å². The topological polar surface area (TPSA) is 79.9 Å². The lowest BCUT2D eigenvalue weighted by molar-refractivity contribution is -0.119. The summed E-state index contributed by atoms with van der Waals surface area (Å²) in [6.45, 7) is 4.45. The second-order valence-corrected chi connectivity index (χ2v) is 6.35. The van der Waals surface area contributed by atoms with Gasteiger partial charge in [0.05, 0.1) is 12.4 Å². The van der Waals surface area contributed by atoms with E-state index in [4.69, 9.17) is 4.74 Å². The van der Waals surface area contributed by atoms with Gasteiger partial charge in [-0.3, -0.25) is 9.89 Å². The highest BCUT2D eigenvalue weighted by Crippen LogP contribution is 2.14. The van der Waals surface area contributed by atoms with E-state index in [1.165, 1.54) is 17.3 Å². The Morgan fingerprint density at radius 1 is 1.42 bits per heavy atom. The Morgan fingerprint density at radius 3 is 2.96 bits per heavy atom. The summed E-state index contributed by atoms with van der Waals surface area (Å²) < 4.78 is 4.98. The van der Waals surface area contributed by atoms with Gasteiger partial charge in [-0.2, -0.15) is 0 Å². The summed E-state index contributed by atoms with van der Waals surface area (Å²) in [4.78, 5) is 16.1. The van der Waals surface area contributed by atoms with Gasteiger partial charge in [0.25, 0.3) is 0 Å². The van der Waals surface area contributed by atoms with E-state index in [0.29, 0.717) is 17.6 Å². The number of amides is 1. The Hall–Kier alpha value is -2.12. The molecule has 2 rings (SSSR count). The number of methoxy groups -OCH3 is 1. The molecule has 2 aromatic rings. The number of aryl methyl sites for hydroxylation is 1. The summed E-state index contributed by atoms with van der Waals surface area (Å²) in [5.74, 6) is 0.868. The number of ether oxygens (including phenoxy) is 1. The van der Waals surface area contributed by atoms with E-state index in [1.54, 1.807) is 7.11 Å². The minimum atomic E-state index is -0.0636. The molecule has 1 aromatic heterocycles. The third-order valence-electron chi connectivity index (χ3n) is 3.25. The number of nitrogens with one attached hydrogen (secondary N) is 2. The van der Waals surface area contributed by atoms with Crippen LogP contribution < -0.4 is 5.32 Å². The van der Waals surface area contributed by atoms with Gasteiger partial charge in [0, 0.05) is 13.2 Å². The van der Waals surface area contributed by atoms with E-state index in [1.807, 2.05) is 37.3 Å². The smallest absolute Gasteiger partial charge is 0.230 e. The maximum Gasteiger partial charge on any atom is 0.230 e. The predicted octanol–water partition coefficient (Wildman–Crippen LogP) is 2.53. The Morgan fingerprint density at radius 2 is 2.21 bits per heavy atom. The predicted molar refractivity (Wildman–Crippen MR) is 96.7 cm³/mol. The molecule has 0 aliphatic heterocycles. The van der Waals surface area contributed by atoms with Crippen LogP contribution in [0.2, 0.25) is 0 Å². The molecule has 0 spiro atoms. The lowest BCUT2D eigenvalue weighted by Gasteiger charge is -2.11. The van der Waals surface area contributed by atoms with Crippen LogP contribution in [-0.4, -0.2) is 46.6 Å². The molecule has 0 aliphatic carbocycles. The van der Waals surface area contributed by atoms with Gasteiger partial charge in [0.1, 0.15) is 5.82 Å². The fraction of sp³-hybridized carbons (Fsp3) is 0.353. The molecule has 0 radical (unpaired) electrons. The number of rotatable bonds is 8. The lowest BCUT2D eigenvalue weighted by atomic mass is 10.1. The largest absolute Gasteiger partial charge is 0.383 e. The van der Waals surface area contributed by atoms with Crippen LogP contribution in [0.15, 0.2) is 29.4 Å². The molecule has 2 N–H and O–H groups in total. The second kappa shape index (κ2) is 9.24. The van der Waals surface area contributed by atoms with Crippen LogP contribution in [-0.2, 0) is 9.53 Å². The summed E-state index contributed by atoms with van der Waals surface area (Å²) in [6, 6.07) is 8.10. The fourth-order valence-corrected chi connectivity index (χ4v) is 2.69. The number of hydrogen-bond donors (Lipinski definition) is 2. The summed E-state index contributed by atoms with van der Waals surface area (Å²) in [5.41, 5.74) is 2.33. The summed E-state index contributed by atoms with van der Waals surface area (Å²) in [5, 5.41) is 10.4. The van der Waals surface area contributed by atoms with E-state index in [9.17, 15) is 4.79 Å². The van der Waals surface area contributed by atoms with Gasteiger partial charge < -0.3 is 10.1 Å². The molecule has 0 aliphatic rings. The molecule has 1 aromatic carbocycles. The first-order valence-corrected chi connectivity index (χ1v) is 8.64. The zero-order chi connectivity index (χ0) is 17.4. The van der Waals surface area contributed by atoms with Crippen molar-refractivity contribution in [2.75, 3.05) is 19.5 Å². The average molecular weight is 346 g/mol. The highest BCUT2D eigenvalue weighted by atomic mass is 32.2. The van der Waals surface area contributed by atoms with Gasteiger partial charge in [0.15, 0.2) is 0 Å². The van der Waals surface area contributed by atoms with Crippen LogP contribution in [0.5, 0.6) is 0 Å². The van der Waals surface area contributed by atoms with Crippen molar-refractivity contribution in [3.05, 3.63) is 41.2 Å². The van der Waals surface area contributed by atoms with Crippen molar-refractivity contribution in [3.63, 3.8) is 0 Å². The van der Waals surface area contributed by atoms with Crippen LogP contribution in [0, 0.1) is 6.92 Å². The number of thioether (sulfide) groups is 1. The molecular formula is C17H22N4O2S. The van der Waals surface area contributed by atoms with Crippen LogP contribution in [0.3, 0.4) is 0 Å². The third-order valence-corrected chi connectivity index (χ3v) is 4.10. The normalized spacial score (nSPS) is 12.5. The highest BCUT2D eigenvalue weighted by Gasteiger charge is 2.09. The van der Waals surface area contributed by atoms with Crippen molar-refractivity contribution in [1.29, 1.82) is 0 Å². The number of nitrogens with zero attached hydrogens (tertiary/aromatic N) is 2. The first-order valence-electron chi connectivity index (χ1n) is 7.65. The van der Waals surface area contributed by atoms with Crippen molar-refractivity contribution in [2.45, 2.75) is 25.0 Å². The van der Waals surface area contributed by atoms with Gasteiger partial charge in [-0.25, -0.2) is 4.98 Å². The monoisotopic (exact) mass is 346 g/mol. The molecule has 0 bridgehead atoms. The Balaban J connectivity index is 1.85. The van der Waals surface area contributed by atoms with Crippen LogP contribution in [0.4, 0.5) is 0 Å². The van der Waals surface area contributed by atoms with Crippen molar-refractivity contribution in [1.82, 2.24) is 20.5 Å². The first kappa shape index (κ1) is 18.2. The minimum Gasteiger partial charge on any atom is -0.383 e. The van der Waals surface area contributed by atoms with Gasteiger partial charge >= 0.3 is 0 Å². The zero-order valence-corrected chi connectivity index (χ0v) is 14.9. The highest BCUT2D eigenvalue weighted by molar-refractivity contribution is 7.99. The maximum atomic E-state index is 11.8. The number of benzene rings is 1. The lowest BCUT2D eigenvalue weighted by Crippen LogP contribution is -2.36. The number of hydrogen-bond acceptors (Lipinski definition) is 5. The molecule has 6 nitrogen and oxygen atoms in total.